The topological polar surface area (TPSA) is 20.2 Å². The van der Waals surface area contributed by atoms with Gasteiger partial charge in [-0.1, -0.05) is 18.2 Å². The van der Waals surface area contributed by atoms with Gasteiger partial charge in [-0.25, -0.2) is 0 Å². The van der Waals surface area contributed by atoms with Gasteiger partial charge in [0.2, 0.25) is 0 Å². The van der Waals surface area contributed by atoms with Crippen LogP contribution in [0.1, 0.15) is 12.0 Å². The molecule has 1 N–H and O–H groups in total. The third kappa shape index (κ3) is 2.88. The Morgan fingerprint density at radius 1 is 1.33 bits per heavy atom. The third-order valence-corrected chi connectivity index (χ3v) is 2.92. The average Bonchev–Trinajstić information content (AvgIpc) is 2.09. The molecule has 1 aromatic rings. The lowest BCUT2D eigenvalue weighted by molar-refractivity contribution is 0.296. The van der Waals surface area contributed by atoms with Gasteiger partial charge in [-0.05, 0) is 25.0 Å². The summed E-state index contributed by atoms with van der Waals surface area (Å²) in [5, 5.41) is 8.60. The summed E-state index contributed by atoms with van der Waals surface area (Å²) in [4.78, 5) is 1.32. The minimum atomic E-state index is 0.291. The van der Waals surface area contributed by atoms with Gasteiger partial charge in [0.15, 0.2) is 0 Å². The van der Waals surface area contributed by atoms with E-state index in [1.165, 1.54) is 10.5 Å². The van der Waals surface area contributed by atoms with Crippen molar-refractivity contribution in [2.24, 2.45) is 0 Å². The predicted molar refractivity (Wildman–Crippen MR) is 53.6 cm³/mol. The zero-order valence-electron chi connectivity index (χ0n) is 7.29. The molecular formula is C10H14OS. The molecule has 0 aliphatic carbocycles. The van der Waals surface area contributed by atoms with Crippen LogP contribution >= 0.6 is 11.8 Å². The average molecular weight is 182 g/mol. The molecule has 0 atom stereocenters. The minimum absolute atomic E-state index is 0.291. The van der Waals surface area contributed by atoms with Crippen LogP contribution in [0.2, 0.25) is 0 Å². The summed E-state index contributed by atoms with van der Waals surface area (Å²) in [5.41, 5.74) is 1.32. The number of thioether (sulfide) groups is 1. The van der Waals surface area contributed by atoms with E-state index in [0.717, 1.165) is 12.2 Å². The summed E-state index contributed by atoms with van der Waals surface area (Å²) < 4.78 is 0. The summed E-state index contributed by atoms with van der Waals surface area (Å²) in [7, 11) is 0. The lowest BCUT2D eigenvalue weighted by Gasteiger charge is -2.03. The number of hydrogen-bond donors (Lipinski definition) is 1. The summed E-state index contributed by atoms with van der Waals surface area (Å²) in [5.74, 6) is 1.00. The van der Waals surface area contributed by atoms with Gasteiger partial charge in [-0.2, -0.15) is 0 Å². The standard InChI is InChI=1S/C10H14OS/c1-9-5-2-3-6-10(9)12-8-4-7-11/h2-3,5-6,11H,4,7-8H2,1H3. The SMILES string of the molecule is Cc1ccccc1SCCCO. The quantitative estimate of drug-likeness (QED) is 0.570. The first kappa shape index (κ1) is 9.62. The van der Waals surface area contributed by atoms with Gasteiger partial charge in [0.1, 0.15) is 0 Å². The molecule has 0 amide bonds. The molecule has 0 heterocycles. The summed E-state index contributed by atoms with van der Waals surface area (Å²) in [6.45, 7) is 2.40. The van der Waals surface area contributed by atoms with E-state index in [1.54, 1.807) is 0 Å². The van der Waals surface area contributed by atoms with Crippen LogP contribution in [0.25, 0.3) is 0 Å². The molecule has 0 radical (unpaired) electrons. The Morgan fingerprint density at radius 2 is 2.08 bits per heavy atom. The van der Waals surface area contributed by atoms with Crippen molar-refractivity contribution >= 4 is 11.8 Å². The summed E-state index contributed by atoms with van der Waals surface area (Å²) in [6, 6.07) is 8.33. The number of aliphatic hydroxyl groups excluding tert-OH is 1. The second-order valence-corrected chi connectivity index (χ2v) is 3.83. The fourth-order valence-electron chi connectivity index (χ4n) is 0.965. The fourth-order valence-corrected chi connectivity index (χ4v) is 1.93. The highest BCUT2D eigenvalue weighted by Crippen LogP contribution is 2.21. The highest BCUT2D eigenvalue weighted by molar-refractivity contribution is 7.99. The zero-order chi connectivity index (χ0) is 8.81. The number of benzene rings is 1. The van der Waals surface area contributed by atoms with Crippen LogP contribution in [0.3, 0.4) is 0 Å². The van der Waals surface area contributed by atoms with E-state index in [0.29, 0.717) is 6.61 Å². The molecule has 66 valence electrons. The second-order valence-electron chi connectivity index (χ2n) is 2.69. The lowest BCUT2D eigenvalue weighted by Crippen LogP contribution is -1.86. The van der Waals surface area contributed by atoms with E-state index in [9.17, 15) is 0 Å². The molecule has 0 saturated carbocycles. The van der Waals surface area contributed by atoms with E-state index in [4.69, 9.17) is 5.11 Å². The number of hydrogen-bond acceptors (Lipinski definition) is 2. The molecule has 0 saturated heterocycles. The van der Waals surface area contributed by atoms with Crippen molar-refractivity contribution in [2.75, 3.05) is 12.4 Å². The van der Waals surface area contributed by atoms with E-state index >= 15 is 0 Å². The molecule has 0 aliphatic heterocycles. The largest absolute Gasteiger partial charge is 0.396 e. The van der Waals surface area contributed by atoms with Crippen LogP contribution in [0.5, 0.6) is 0 Å². The normalized spacial score (nSPS) is 10.2. The monoisotopic (exact) mass is 182 g/mol. The first-order chi connectivity index (χ1) is 5.84. The van der Waals surface area contributed by atoms with Gasteiger partial charge in [0.05, 0.1) is 0 Å². The second kappa shape index (κ2) is 5.22. The van der Waals surface area contributed by atoms with Gasteiger partial charge >= 0.3 is 0 Å². The van der Waals surface area contributed by atoms with Crippen LogP contribution in [-0.4, -0.2) is 17.5 Å². The van der Waals surface area contributed by atoms with Gasteiger partial charge in [-0.3, -0.25) is 0 Å². The van der Waals surface area contributed by atoms with E-state index < -0.39 is 0 Å². The fraction of sp³-hybridized carbons (Fsp3) is 0.400. The molecular weight excluding hydrogens is 168 g/mol. The van der Waals surface area contributed by atoms with Crippen LogP contribution < -0.4 is 0 Å². The molecule has 0 fully saturated rings. The Labute approximate surface area is 77.8 Å². The molecule has 12 heavy (non-hydrogen) atoms. The van der Waals surface area contributed by atoms with Crippen molar-refractivity contribution in [3.63, 3.8) is 0 Å². The third-order valence-electron chi connectivity index (χ3n) is 1.65. The Morgan fingerprint density at radius 3 is 2.75 bits per heavy atom. The van der Waals surface area contributed by atoms with Gasteiger partial charge in [0.25, 0.3) is 0 Å². The van der Waals surface area contributed by atoms with Crippen LogP contribution in [0.15, 0.2) is 29.2 Å². The Balaban J connectivity index is 2.46. The van der Waals surface area contributed by atoms with Crippen LogP contribution in [-0.2, 0) is 0 Å². The first-order valence-electron chi connectivity index (χ1n) is 4.14. The van der Waals surface area contributed by atoms with E-state index in [2.05, 4.69) is 19.1 Å². The minimum Gasteiger partial charge on any atom is -0.396 e. The molecule has 1 rings (SSSR count). The van der Waals surface area contributed by atoms with Crippen LogP contribution in [0, 0.1) is 6.92 Å². The Bertz CT molecular complexity index is 235. The smallest absolute Gasteiger partial charge is 0.0439 e. The molecule has 0 bridgehead atoms. The molecule has 0 spiro atoms. The maximum atomic E-state index is 8.60. The maximum Gasteiger partial charge on any atom is 0.0439 e. The highest BCUT2D eigenvalue weighted by Gasteiger charge is 1.95. The number of aryl methyl sites for hydroxylation is 1. The molecule has 0 aliphatic rings. The highest BCUT2D eigenvalue weighted by atomic mass is 32.2. The summed E-state index contributed by atoms with van der Waals surface area (Å²) >= 11 is 1.81. The molecule has 0 unspecified atom stereocenters. The molecule has 0 aromatic heterocycles. The zero-order valence-corrected chi connectivity index (χ0v) is 8.10. The molecule has 2 heteroatoms. The first-order valence-corrected chi connectivity index (χ1v) is 5.12. The van der Waals surface area contributed by atoms with Crippen molar-refractivity contribution in [2.45, 2.75) is 18.2 Å². The van der Waals surface area contributed by atoms with Crippen molar-refractivity contribution in [1.82, 2.24) is 0 Å². The van der Waals surface area contributed by atoms with Gasteiger partial charge < -0.3 is 5.11 Å². The molecule has 1 nitrogen and oxygen atoms in total. The van der Waals surface area contributed by atoms with Gasteiger partial charge in [0, 0.05) is 17.3 Å². The van der Waals surface area contributed by atoms with Crippen molar-refractivity contribution in [1.29, 1.82) is 0 Å². The lowest BCUT2D eigenvalue weighted by atomic mass is 10.2. The predicted octanol–water partition coefficient (Wildman–Crippen LogP) is 2.47. The Kier molecular flexibility index (Phi) is 4.19. The van der Waals surface area contributed by atoms with Gasteiger partial charge in [-0.15, -0.1) is 11.8 Å². The summed E-state index contributed by atoms with van der Waals surface area (Å²) in [6.07, 6.45) is 0.874. The number of aliphatic hydroxyl groups is 1. The molecule has 1 aromatic carbocycles. The van der Waals surface area contributed by atoms with Crippen molar-refractivity contribution in [3.05, 3.63) is 29.8 Å². The van der Waals surface area contributed by atoms with Crippen LogP contribution in [0.4, 0.5) is 0 Å². The van der Waals surface area contributed by atoms with Crippen molar-refractivity contribution in [3.8, 4) is 0 Å². The number of rotatable bonds is 4. The maximum absolute atomic E-state index is 8.60. The van der Waals surface area contributed by atoms with E-state index in [-0.39, 0.29) is 0 Å². The van der Waals surface area contributed by atoms with E-state index in [1.807, 2.05) is 23.9 Å². The Hall–Kier alpha value is -0.470. The van der Waals surface area contributed by atoms with Crippen molar-refractivity contribution < 1.29 is 5.11 Å².